The molecule has 0 unspecified atom stereocenters. The lowest BCUT2D eigenvalue weighted by molar-refractivity contribution is -0.137. The molecule has 1 amide bonds. The van der Waals surface area contributed by atoms with Crippen LogP contribution in [0, 0.1) is 5.92 Å². The van der Waals surface area contributed by atoms with Crippen LogP contribution < -0.4 is 9.64 Å². The molecule has 2 aromatic carbocycles. The summed E-state index contributed by atoms with van der Waals surface area (Å²) in [6.45, 7) is 3.49. The van der Waals surface area contributed by atoms with Crippen LogP contribution in [0.2, 0.25) is 5.02 Å². The summed E-state index contributed by atoms with van der Waals surface area (Å²) in [6.07, 6.45) is 3.91. The number of methoxy groups -OCH3 is 1. The summed E-state index contributed by atoms with van der Waals surface area (Å²) in [5, 5.41) is 0.658. The molecule has 3 aromatic rings. The number of likely N-dealkylation sites (tertiary alicyclic amines) is 1. The molecule has 0 saturated carbocycles. The molecule has 1 N–H and O–H groups in total. The number of piperidine rings is 2. The van der Waals surface area contributed by atoms with Crippen molar-refractivity contribution in [3.05, 3.63) is 41.4 Å². The van der Waals surface area contributed by atoms with E-state index in [9.17, 15) is 4.79 Å². The minimum Gasteiger partial charge on any atom is -0.497 e. The van der Waals surface area contributed by atoms with Crippen molar-refractivity contribution in [2.75, 3.05) is 52.3 Å². The first kappa shape index (κ1) is 23.9. The molecular weight excluding hydrogens is 462 g/mol. The van der Waals surface area contributed by atoms with Crippen molar-refractivity contribution in [1.82, 2.24) is 19.8 Å². The third-order valence-electron chi connectivity index (χ3n) is 7.61. The molecule has 2 aliphatic heterocycles. The molecule has 2 fully saturated rings. The van der Waals surface area contributed by atoms with Crippen LogP contribution in [0.5, 0.6) is 5.75 Å². The highest BCUT2D eigenvalue weighted by Gasteiger charge is 2.31. The van der Waals surface area contributed by atoms with Gasteiger partial charge in [0.25, 0.3) is 0 Å². The minimum absolute atomic E-state index is 0.124. The standard InChI is InChI=1S/C27H34ClN5O2/c1-31(2)19-10-14-33(15-11-19)27(34)18-8-12-32(13-9-18)20-4-6-23(28)22(16-20)26-29-24-7-5-21(35-3)17-25(24)30-26/h4-7,16-19H,8-15H2,1-3H3,(H,29,30). The number of aromatic amines is 1. The summed E-state index contributed by atoms with van der Waals surface area (Å²) in [5.41, 5.74) is 3.77. The first-order valence-electron chi connectivity index (χ1n) is 12.5. The Kier molecular flexibility index (Phi) is 6.89. The van der Waals surface area contributed by atoms with E-state index in [4.69, 9.17) is 21.3 Å². The van der Waals surface area contributed by atoms with E-state index in [1.54, 1.807) is 7.11 Å². The van der Waals surface area contributed by atoms with E-state index in [-0.39, 0.29) is 5.92 Å². The first-order valence-corrected chi connectivity index (χ1v) is 12.8. The molecule has 0 aliphatic carbocycles. The molecule has 5 rings (SSSR count). The lowest BCUT2D eigenvalue weighted by atomic mass is 9.93. The van der Waals surface area contributed by atoms with Gasteiger partial charge in [-0.3, -0.25) is 4.79 Å². The number of amides is 1. The number of H-pyrrole nitrogens is 1. The molecular formula is C27H34ClN5O2. The number of rotatable bonds is 5. The Morgan fingerprint density at radius 3 is 2.49 bits per heavy atom. The van der Waals surface area contributed by atoms with Gasteiger partial charge in [0.1, 0.15) is 11.6 Å². The highest BCUT2D eigenvalue weighted by molar-refractivity contribution is 6.33. The number of carbonyl (C=O) groups is 1. The van der Waals surface area contributed by atoms with Crippen molar-refractivity contribution in [2.24, 2.45) is 5.92 Å². The zero-order valence-corrected chi connectivity index (χ0v) is 21.5. The Bertz CT molecular complexity index is 1190. The summed E-state index contributed by atoms with van der Waals surface area (Å²) in [7, 11) is 5.91. The molecule has 0 bridgehead atoms. The van der Waals surface area contributed by atoms with Crippen LogP contribution in [-0.2, 0) is 4.79 Å². The number of carbonyl (C=O) groups excluding carboxylic acids is 1. The van der Waals surface area contributed by atoms with Crippen LogP contribution in [0.25, 0.3) is 22.4 Å². The topological polar surface area (TPSA) is 64.7 Å². The van der Waals surface area contributed by atoms with Crippen LogP contribution in [0.4, 0.5) is 5.69 Å². The number of nitrogens with one attached hydrogen (secondary N) is 1. The molecule has 0 atom stereocenters. The van der Waals surface area contributed by atoms with Gasteiger partial charge in [-0.15, -0.1) is 0 Å². The van der Waals surface area contributed by atoms with Crippen molar-refractivity contribution in [1.29, 1.82) is 0 Å². The summed E-state index contributed by atoms with van der Waals surface area (Å²) in [4.78, 5) is 28.0. The molecule has 2 saturated heterocycles. The van der Waals surface area contributed by atoms with Crippen molar-refractivity contribution < 1.29 is 9.53 Å². The Morgan fingerprint density at radius 1 is 1.06 bits per heavy atom. The number of benzene rings is 2. The average molecular weight is 496 g/mol. The van der Waals surface area contributed by atoms with Crippen LogP contribution in [0.15, 0.2) is 36.4 Å². The summed E-state index contributed by atoms with van der Waals surface area (Å²) >= 11 is 6.58. The minimum atomic E-state index is 0.124. The molecule has 7 nitrogen and oxygen atoms in total. The van der Waals surface area contributed by atoms with Crippen LogP contribution in [-0.4, -0.2) is 79.1 Å². The maximum atomic E-state index is 13.1. The molecule has 3 heterocycles. The van der Waals surface area contributed by atoms with E-state index in [1.807, 2.05) is 24.3 Å². The lowest BCUT2D eigenvalue weighted by Crippen LogP contribution is -2.48. The quantitative estimate of drug-likeness (QED) is 0.557. The number of ether oxygens (including phenoxy) is 1. The van der Waals surface area contributed by atoms with Gasteiger partial charge in [-0.05, 0) is 70.1 Å². The molecule has 8 heteroatoms. The highest BCUT2D eigenvalue weighted by Crippen LogP contribution is 2.34. The summed E-state index contributed by atoms with van der Waals surface area (Å²) in [5.74, 6) is 1.98. The predicted molar refractivity (Wildman–Crippen MR) is 141 cm³/mol. The fourth-order valence-electron chi connectivity index (χ4n) is 5.38. The van der Waals surface area contributed by atoms with E-state index in [1.165, 1.54) is 0 Å². The SMILES string of the molecule is COc1ccc2[nH]c(-c3cc(N4CCC(C(=O)N5CCC(N(C)C)CC5)CC4)ccc3Cl)nc2c1. The second-order valence-corrected chi connectivity index (χ2v) is 10.3. The van der Waals surface area contributed by atoms with Gasteiger partial charge in [-0.25, -0.2) is 4.98 Å². The van der Waals surface area contributed by atoms with Gasteiger partial charge >= 0.3 is 0 Å². The zero-order valence-electron chi connectivity index (χ0n) is 20.8. The van der Waals surface area contributed by atoms with Gasteiger partial charge in [-0.1, -0.05) is 11.6 Å². The Hall–Kier alpha value is -2.77. The van der Waals surface area contributed by atoms with Crippen molar-refractivity contribution >= 4 is 34.2 Å². The zero-order chi connectivity index (χ0) is 24.5. The third kappa shape index (κ3) is 4.98. The molecule has 1 aromatic heterocycles. The maximum Gasteiger partial charge on any atom is 0.225 e. The monoisotopic (exact) mass is 495 g/mol. The molecule has 35 heavy (non-hydrogen) atoms. The Morgan fingerprint density at radius 2 is 1.80 bits per heavy atom. The number of aromatic nitrogens is 2. The Labute approximate surface area is 212 Å². The normalized spacial score (nSPS) is 18.0. The predicted octanol–water partition coefficient (Wildman–Crippen LogP) is 4.66. The number of halogens is 1. The second-order valence-electron chi connectivity index (χ2n) is 9.91. The van der Waals surface area contributed by atoms with Crippen LogP contribution in [0.1, 0.15) is 25.7 Å². The van der Waals surface area contributed by atoms with Gasteiger partial charge in [0.05, 0.1) is 23.2 Å². The molecule has 0 radical (unpaired) electrons. The lowest BCUT2D eigenvalue weighted by Gasteiger charge is -2.39. The van der Waals surface area contributed by atoms with E-state index in [0.717, 1.165) is 85.7 Å². The van der Waals surface area contributed by atoms with Crippen LogP contribution in [0.3, 0.4) is 0 Å². The number of fused-ring (bicyclic) bond motifs is 1. The fourth-order valence-corrected chi connectivity index (χ4v) is 5.58. The third-order valence-corrected chi connectivity index (χ3v) is 7.94. The molecule has 0 spiro atoms. The van der Waals surface area contributed by atoms with Gasteiger partial charge in [0.15, 0.2) is 0 Å². The van der Waals surface area contributed by atoms with Crippen molar-refractivity contribution in [3.63, 3.8) is 0 Å². The van der Waals surface area contributed by atoms with Crippen molar-refractivity contribution in [3.8, 4) is 17.1 Å². The van der Waals surface area contributed by atoms with Crippen molar-refractivity contribution in [2.45, 2.75) is 31.7 Å². The number of nitrogens with zero attached hydrogens (tertiary/aromatic N) is 4. The molecule has 186 valence electrons. The summed E-state index contributed by atoms with van der Waals surface area (Å²) in [6, 6.07) is 12.5. The van der Waals surface area contributed by atoms with E-state index < -0.39 is 0 Å². The van der Waals surface area contributed by atoms with Gasteiger partial charge < -0.3 is 24.4 Å². The molecule has 2 aliphatic rings. The van der Waals surface area contributed by atoms with E-state index >= 15 is 0 Å². The number of hydrogen-bond donors (Lipinski definition) is 1. The van der Waals surface area contributed by atoms with Gasteiger partial charge in [0.2, 0.25) is 5.91 Å². The fraction of sp³-hybridized carbons (Fsp3) is 0.481. The summed E-state index contributed by atoms with van der Waals surface area (Å²) < 4.78 is 5.32. The maximum absolute atomic E-state index is 13.1. The van der Waals surface area contributed by atoms with Crippen LogP contribution >= 0.6 is 11.6 Å². The van der Waals surface area contributed by atoms with Gasteiger partial charge in [-0.2, -0.15) is 0 Å². The second kappa shape index (κ2) is 10.1. The Balaban J connectivity index is 1.25. The van der Waals surface area contributed by atoms with E-state index in [0.29, 0.717) is 17.0 Å². The highest BCUT2D eigenvalue weighted by atomic mass is 35.5. The smallest absolute Gasteiger partial charge is 0.225 e. The van der Waals surface area contributed by atoms with Gasteiger partial charge in [0, 0.05) is 55.5 Å². The number of anilines is 1. The number of imidazole rings is 1. The first-order chi connectivity index (χ1) is 16.9. The van der Waals surface area contributed by atoms with E-state index in [2.05, 4.69) is 45.9 Å². The number of hydrogen-bond acceptors (Lipinski definition) is 5. The largest absolute Gasteiger partial charge is 0.497 e. The average Bonchev–Trinajstić information content (AvgIpc) is 3.32.